The zero-order chi connectivity index (χ0) is 15.9. The number of methoxy groups -OCH3 is 1. The maximum Gasteiger partial charge on any atom is 0.258 e. The van der Waals surface area contributed by atoms with Gasteiger partial charge in [0.25, 0.3) is 5.91 Å². The molecular formula is C17H18ClNO3. The fourth-order valence-corrected chi connectivity index (χ4v) is 2.37. The first-order valence-corrected chi connectivity index (χ1v) is 7.29. The predicted octanol–water partition coefficient (Wildman–Crippen LogP) is 3.60. The number of hydrogen-bond donors (Lipinski definition) is 1. The summed E-state index contributed by atoms with van der Waals surface area (Å²) < 4.78 is 10.7. The summed E-state index contributed by atoms with van der Waals surface area (Å²) in [5, 5.41) is 3.48. The molecular weight excluding hydrogens is 302 g/mol. The van der Waals surface area contributed by atoms with Gasteiger partial charge in [-0.15, -0.1) is 0 Å². The molecule has 0 bridgehead atoms. The molecule has 0 radical (unpaired) electrons. The van der Waals surface area contributed by atoms with Crippen molar-refractivity contribution in [1.29, 1.82) is 0 Å². The highest BCUT2D eigenvalue weighted by Gasteiger charge is 2.13. The molecule has 0 aliphatic heterocycles. The van der Waals surface area contributed by atoms with E-state index in [9.17, 15) is 4.79 Å². The number of para-hydroxylation sites is 2. The summed E-state index contributed by atoms with van der Waals surface area (Å²) in [5.41, 5.74) is 0.870. The molecule has 1 N–H and O–H groups in total. The molecule has 5 heteroatoms. The maximum atomic E-state index is 12.0. The Morgan fingerprint density at radius 2 is 1.77 bits per heavy atom. The van der Waals surface area contributed by atoms with E-state index < -0.39 is 0 Å². The molecule has 0 aliphatic rings. The average Bonchev–Trinajstić information content (AvgIpc) is 2.53. The summed E-state index contributed by atoms with van der Waals surface area (Å²) in [6.07, 6.45) is 0. The quantitative estimate of drug-likeness (QED) is 0.885. The largest absolute Gasteiger partial charge is 0.493 e. The van der Waals surface area contributed by atoms with Gasteiger partial charge in [0.2, 0.25) is 0 Å². The number of benzene rings is 2. The lowest BCUT2D eigenvalue weighted by Crippen LogP contribution is -2.31. The first kappa shape index (κ1) is 16.2. The van der Waals surface area contributed by atoms with E-state index in [1.807, 2.05) is 37.3 Å². The second-order valence-corrected chi connectivity index (χ2v) is 5.16. The zero-order valence-electron chi connectivity index (χ0n) is 12.5. The van der Waals surface area contributed by atoms with Crippen molar-refractivity contribution < 1.29 is 14.3 Å². The molecule has 0 saturated heterocycles. The Bertz CT molecular complexity index is 645. The van der Waals surface area contributed by atoms with Crippen molar-refractivity contribution in [1.82, 2.24) is 5.32 Å². The van der Waals surface area contributed by atoms with Crippen molar-refractivity contribution >= 4 is 17.5 Å². The van der Waals surface area contributed by atoms with Gasteiger partial charge in [0.15, 0.2) is 18.1 Å². The number of nitrogens with one attached hydrogen (secondary N) is 1. The van der Waals surface area contributed by atoms with E-state index >= 15 is 0 Å². The van der Waals surface area contributed by atoms with Crippen LogP contribution in [0.2, 0.25) is 5.02 Å². The third kappa shape index (κ3) is 4.15. The van der Waals surface area contributed by atoms with Gasteiger partial charge >= 0.3 is 0 Å². The Morgan fingerprint density at radius 3 is 2.45 bits per heavy atom. The van der Waals surface area contributed by atoms with Crippen molar-refractivity contribution in [2.75, 3.05) is 13.7 Å². The molecule has 2 rings (SSSR count). The Labute approximate surface area is 135 Å². The van der Waals surface area contributed by atoms with Crippen LogP contribution in [0.4, 0.5) is 0 Å². The van der Waals surface area contributed by atoms with Crippen LogP contribution in [0.5, 0.6) is 11.5 Å². The lowest BCUT2D eigenvalue weighted by Gasteiger charge is -2.16. The van der Waals surface area contributed by atoms with Crippen LogP contribution >= 0.6 is 11.6 Å². The average molecular weight is 320 g/mol. The number of hydrogen-bond acceptors (Lipinski definition) is 3. The summed E-state index contributed by atoms with van der Waals surface area (Å²) in [6, 6.07) is 14.4. The van der Waals surface area contributed by atoms with Crippen molar-refractivity contribution in [3.8, 4) is 11.5 Å². The molecule has 1 unspecified atom stereocenters. The van der Waals surface area contributed by atoms with Crippen LogP contribution in [-0.4, -0.2) is 19.6 Å². The van der Waals surface area contributed by atoms with E-state index in [1.165, 1.54) is 0 Å². The molecule has 0 spiro atoms. The number of halogens is 1. The molecule has 0 aliphatic carbocycles. The molecule has 0 fully saturated rings. The van der Waals surface area contributed by atoms with Crippen LogP contribution in [0.15, 0.2) is 48.5 Å². The van der Waals surface area contributed by atoms with Crippen LogP contribution < -0.4 is 14.8 Å². The Morgan fingerprint density at radius 1 is 1.14 bits per heavy atom. The van der Waals surface area contributed by atoms with Crippen LogP contribution in [0.3, 0.4) is 0 Å². The van der Waals surface area contributed by atoms with Crippen molar-refractivity contribution in [2.45, 2.75) is 13.0 Å². The number of carbonyl (C=O) groups excluding carboxylic acids is 1. The predicted molar refractivity (Wildman–Crippen MR) is 86.5 cm³/mol. The monoisotopic (exact) mass is 319 g/mol. The SMILES string of the molecule is COc1ccccc1OCC(=O)NC(C)c1ccccc1Cl. The molecule has 0 aromatic heterocycles. The third-order valence-corrected chi connectivity index (χ3v) is 3.52. The Balaban J connectivity index is 1.92. The summed E-state index contributed by atoms with van der Waals surface area (Å²) in [4.78, 5) is 12.0. The van der Waals surface area contributed by atoms with Gasteiger partial charge in [-0.2, -0.15) is 0 Å². The van der Waals surface area contributed by atoms with Crippen LogP contribution in [-0.2, 0) is 4.79 Å². The smallest absolute Gasteiger partial charge is 0.258 e. The summed E-state index contributed by atoms with van der Waals surface area (Å²) >= 11 is 6.12. The van der Waals surface area contributed by atoms with Gasteiger partial charge in [-0.1, -0.05) is 41.9 Å². The van der Waals surface area contributed by atoms with E-state index in [1.54, 1.807) is 25.3 Å². The molecule has 4 nitrogen and oxygen atoms in total. The van der Waals surface area contributed by atoms with Crippen molar-refractivity contribution in [3.63, 3.8) is 0 Å². The van der Waals surface area contributed by atoms with Crippen LogP contribution in [0.25, 0.3) is 0 Å². The molecule has 0 saturated carbocycles. The lowest BCUT2D eigenvalue weighted by molar-refractivity contribution is -0.123. The Hall–Kier alpha value is -2.20. The minimum Gasteiger partial charge on any atom is -0.493 e. The van der Waals surface area contributed by atoms with Gasteiger partial charge in [0.1, 0.15) is 0 Å². The minimum atomic E-state index is -0.224. The number of amides is 1. The highest BCUT2D eigenvalue weighted by molar-refractivity contribution is 6.31. The second kappa shape index (κ2) is 7.71. The van der Waals surface area contributed by atoms with Crippen molar-refractivity contribution in [3.05, 3.63) is 59.1 Å². The van der Waals surface area contributed by atoms with Crippen molar-refractivity contribution in [2.24, 2.45) is 0 Å². The fourth-order valence-electron chi connectivity index (χ4n) is 2.07. The minimum absolute atomic E-state index is 0.0881. The van der Waals surface area contributed by atoms with Gasteiger partial charge in [-0.05, 0) is 30.7 Å². The molecule has 0 heterocycles. The van der Waals surface area contributed by atoms with Gasteiger partial charge in [0, 0.05) is 5.02 Å². The second-order valence-electron chi connectivity index (χ2n) is 4.75. The summed E-state index contributed by atoms with van der Waals surface area (Å²) in [6.45, 7) is 1.79. The Kier molecular flexibility index (Phi) is 5.67. The standard InChI is InChI=1S/C17H18ClNO3/c1-12(13-7-3-4-8-14(13)18)19-17(20)11-22-16-10-6-5-9-15(16)21-2/h3-10,12H,11H2,1-2H3,(H,19,20). The van der Waals surface area contributed by atoms with Gasteiger partial charge in [-0.3, -0.25) is 4.79 Å². The molecule has 1 atom stereocenters. The highest BCUT2D eigenvalue weighted by Crippen LogP contribution is 2.26. The van der Waals surface area contributed by atoms with Gasteiger partial charge in [0.05, 0.1) is 13.2 Å². The van der Waals surface area contributed by atoms with Gasteiger partial charge < -0.3 is 14.8 Å². The maximum absolute atomic E-state index is 12.0. The van der Waals surface area contributed by atoms with E-state index in [0.717, 1.165) is 5.56 Å². The topological polar surface area (TPSA) is 47.6 Å². The highest BCUT2D eigenvalue weighted by atomic mass is 35.5. The molecule has 2 aromatic rings. The zero-order valence-corrected chi connectivity index (χ0v) is 13.3. The number of carbonyl (C=O) groups is 1. The summed E-state index contributed by atoms with van der Waals surface area (Å²) in [5.74, 6) is 0.901. The molecule has 2 aromatic carbocycles. The lowest BCUT2D eigenvalue weighted by atomic mass is 10.1. The van der Waals surface area contributed by atoms with E-state index in [2.05, 4.69) is 5.32 Å². The first-order chi connectivity index (χ1) is 10.6. The fraction of sp³-hybridized carbons (Fsp3) is 0.235. The normalized spacial score (nSPS) is 11.6. The van der Waals surface area contributed by atoms with Gasteiger partial charge in [-0.25, -0.2) is 0 Å². The molecule has 116 valence electrons. The van der Waals surface area contributed by atoms with E-state index in [0.29, 0.717) is 16.5 Å². The molecule has 1 amide bonds. The molecule has 22 heavy (non-hydrogen) atoms. The van der Waals surface area contributed by atoms with E-state index in [4.69, 9.17) is 21.1 Å². The van der Waals surface area contributed by atoms with Crippen LogP contribution in [0, 0.1) is 0 Å². The first-order valence-electron chi connectivity index (χ1n) is 6.91. The number of rotatable bonds is 6. The third-order valence-electron chi connectivity index (χ3n) is 3.18. The summed E-state index contributed by atoms with van der Waals surface area (Å²) in [7, 11) is 1.56. The van der Waals surface area contributed by atoms with E-state index in [-0.39, 0.29) is 18.6 Å². The number of ether oxygens (including phenoxy) is 2. The van der Waals surface area contributed by atoms with Crippen LogP contribution in [0.1, 0.15) is 18.5 Å².